The number of rotatable bonds is 4. The quantitative estimate of drug-likeness (QED) is 0.895. The van der Waals surface area contributed by atoms with Gasteiger partial charge in [0.25, 0.3) is 0 Å². The van der Waals surface area contributed by atoms with Gasteiger partial charge in [0.05, 0.1) is 6.33 Å². The van der Waals surface area contributed by atoms with Crippen LogP contribution in [0.1, 0.15) is 27.2 Å². The first kappa shape index (κ1) is 13.1. The van der Waals surface area contributed by atoms with Crippen LogP contribution in [0.5, 0.6) is 0 Å². The molecule has 3 rings (SSSR count). The average Bonchev–Trinajstić information content (AvgIpc) is 3.03. The zero-order valence-electron chi connectivity index (χ0n) is 12.3. The van der Waals surface area contributed by atoms with E-state index in [1.54, 1.807) is 6.33 Å². The molecule has 0 radical (unpaired) electrons. The fourth-order valence-corrected chi connectivity index (χ4v) is 2.67. The largest absolute Gasteiger partial charge is 0.354 e. The fraction of sp³-hybridized carbons (Fsp3) is 0.643. The summed E-state index contributed by atoms with van der Waals surface area (Å²) in [7, 11) is 0. The number of hydrogen-bond acceptors (Lipinski definition) is 5. The minimum Gasteiger partial charge on any atom is -0.354 e. The molecule has 0 amide bonds. The van der Waals surface area contributed by atoms with Gasteiger partial charge in [0.2, 0.25) is 5.95 Å². The van der Waals surface area contributed by atoms with Crippen LogP contribution in [0.15, 0.2) is 6.33 Å². The number of aromatic nitrogens is 4. The maximum absolute atomic E-state index is 4.69. The van der Waals surface area contributed by atoms with Crippen molar-refractivity contribution < 1.29 is 0 Å². The fourth-order valence-electron chi connectivity index (χ4n) is 2.67. The van der Waals surface area contributed by atoms with Crippen molar-refractivity contribution in [2.75, 3.05) is 29.9 Å². The molecule has 2 unspecified atom stereocenters. The minimum atomic E-state index is 0.675. The molecule has 2 N–H and O–H groups in total. The van der Waals surface area contributed by atoms with Crippen molar-refractivity contribution in [1.29, 1.82) is 0 Å². The first-order valence-electron chi connectivity index (χ1n) is 7.39. The molecule has 1 aliphatic heterocycles. The third-order valence-electron chi connectivity index (χ3n) is 4.09. The van der Waals surface area contributed by atoms with Gasteiger partial charge in [0.15, 0.2) is 11.5 Å². The van der Waals surface area contributed by atoms with E-state index in [-0.39, 0.29) is 0 Å². The van der Waals surface area contributed by atoms with Gasteiger partial charge >= 0.3 is 0 Å². The second-order valence-corrected chi connectivity index (χ2v) is 5.76. The lowest BCUT2D eigenvalue weighted by Gasteiger charge is -2.18. The van der Waals surface area contributed by atoms with Crippen LogP contribution in [0.3, 0.4) is 0 Å². The monoisotopic (exact) mass is 274 g/mol. The van der Waals surface area contributed by atoms with E-state index in [1.807, 2.05) is 0 Å². The number of fused-ring (bicyclic) bond motifs is 1. The normalized spacial score (nSPS) is 22.6. The summed E-state index contributed by atoms with van der Waals surface area (Å²) in [4.78, 5) is 18.9. The van der Waals surface area contributed by atoms with Crippen molar-refractivity contribution in [3.05, 3.63) is 6.33 Å². The predicted octanol–water partition coefficient (Wildman–Crippen LogP) is 2.27. The summed E-state index contributed by atoms with van der Waals surface area (Å²) >= 11 is 0. The number of aromatic amines is 1. The molecule has 2 aromatic heterocycles. The predicted molar refractivity (Wildman–Crippen MR) is 81.0 cm³/mol. The lowest BCUT2D eigenvalue weighted by Crippen LogP contribution is -2.22. The first-order valence-corrected chi connectivity index (χ1v) is 7.39. The molecular formula is C14H22N6. The van der Waals surface area contributed by atoms with E-state index in [9.17, 15) is 0 Å². The number of imidazole rings is 1. The van der Waals surface area contributed by atoms with Crippen molar-refractivity contribution in [1.82, 2.24) is 19.9 Å². The highest BCUT2D eigenvalue weighted by Gasteiger charge is 2.29. The lowest BCUT2D eigenvalue weighted by molar-refractivity contribution is 0.494. The molecule has 0 aliphatic carbocycles. The number of hydrogen-bond donors (Lipinski definition) is 2. The van der Waals surface area contributed by atoms with Crippen molar-refractivity contribution in [3.8, 4) is 0 Å². The minimum absolute atomic E-state index is 0.675. The molecule has 6 nitrogen and oxygen atoms in total. The highest BCUT2D eigenvalue weighted by Crippen LogP contribution is 2.30. The molecule has 2 aromatic rings. The highest BCUT2D eigenvalue weighted by molar-refractivity contribution is 5.84. The average molecular weight is 274 g/mol. The molecule has 1 fully saturated rings. The number of nitrogens with zero attached hydrogens (tertiary/aromatic N) is 4. The van der Waals surface area contributed by atoms with E-state index in [2.05, 4.69) is 45.9 Å². The van der Waals surface area contributed by atoms with Gasteiger partial charge in [0.1, 0.15) is 5.52 Å². The summed E-state index contributed by atoms with van der Waals surface area (Å²) in [5.41, 5.74) is 1.68. The molecular weight excluding hydrogens is 252 g/mol. The van der Waals surface area contributed by atoms with Gasteiger partial charge in [-0.05, 0) is 18.3 Å². The Bertz CT molecular complexity index is 582. The van der Waals surface area contributed by atoms with Crippen LogP contribution in [0.2, 0.25) is 0 Å². The summed E-state index contributed by atoms with van der Waals surface area (Å²) in [5.74, 6) is 3.03. The van der Waals surface area contributed by atoms with Crippen molar-refractivity contribution in [2.45, 2.75) is 27.2 Å². The third-order valence-corrected chi connectivity index (χ3v) is 4.09. The van der Waals surface area contributed by atoms with Crippen LogP contribution in [-0.2, 0) is 0 Å². The van der Waals surface area contributed by atoms with Gasteiger partial charge < -0.3 is 15.2 Å². The molecule has 1 saturated heterocycles. The Balaban J connectivity index is 1.97. The zero-order chi connectivity index (χ0) is 14.1. The maximum Gasteiger partial charge on any atom is 0.226 e. The summed E-state index contributed by atoms with van der Waals surface area (Å²) in [5, 5.41) is 3.26. The molecule has 0 bridgehead atoms. The molecule has 6 heteroatoms. The van der Waals surface area contributed by atoms with Crippen LogP contribution in [-0.4, -0.2) is 39.6 Å². The lowest BCUT2D eigenvalue weighted by atomic mass is 10.0. The van der Waals surface area contributed by atoms with E-state index in [0.29, 0.717) is 17.8 Å². The topological polar surface area (TPSA) is 69.7 Å². The number of H-pyrrole nitrogens is 1. The Kier molecular flexibility index (Phi) is 3.46. The highest BCUT2D eigenvalue weighted by atomic mass is 15.3. The second-order valence-electron chi connectivity index (χ2n) is 5.76. The van der Waals surface area contributed by atoms with Gasteiger partial charge in [-0.2, -0.15) is 9.97 Å². The van der Waals surface area contributed by atoms with Crippen molar-refractivity contribution >= 4 is 22.9 Å². The molecule has 3 heterocycles. The number of nitrogens with one attached hydrogen (secondary N) is 2. The van der Waals surface area contributed by atoms with Gasteiger partial charge in [-0.15, -0.1) is 0 Å². The van der Waals surface area contributed by atoms with Crippen LogP contribution in [0.25, 0.3) is 11.2 Å². The molecule has 108 valence electrons. The molecule has 20 heavy (non-hydrogen) atoms. The van der Waals surface area contributed by atoms with Gasteiger partial charge in [-0.1, -0.05) is 20.8 Å². The summed E-state index contributed by atoms with van der Waals surface area (Å²) in [6.07, 6.45) is 2.74. The van der Waals surface area contributed by atoms with E-state index in [0.717, 1.165) is 43.0 Å². The van der Waals surface area contributed by atoms with Crippen LogP contribution < -0.4 is 10.2 Å². The van der Waals surface area contributed by atoms with E-state index in [1.165, 1.54) is 0 Å². The summed E-state index contributed by atoms with van der Waals surface area (Å²) < 4.78 is 0. The SMILES string of the molecule is CCCNc1nc(N2CC(C)C(C)C2)c2[nH]cnc2n1. The second kappa shape index (κ2) is 5.26. The Labute approximate surface area is 119 Å². The summed E-state index contributed by atoms with van der Waals surface area (Å²) in [6.45, 7) is 9.69. The zero-order valence-corrected chi connectivity index (χ0v) is 12.3. The third kappa shape index (κ3) is 2.30. The Morgan fingerprint density at radius 2 is 2.05 bits per heavy atom. The van der Waals surface area contributed by atoms with E-state index >= 15 is 0 Å². The Morgan fingerprint density at radius 1 is 1.30 bits per heavy atom. The van der Waals surface area contributed by atoms with Crippen LogP contribution in [0, 0.1) is 11.8 Å². The maximum atomic E-state index is 4.69. The molecule has 0 saturated carbocycles. The van der Waals surface area contributed by atoms with Crippen LogP contribution >= 0.6 is 0 Å². The van der Waals surface area contributed by atoms with Crippen LogP contribution in [0.4, 0.5) is 11.8 Å². The Hall–Kier alpha value is -1.85. The smallest absolute Gasteiger partial charge is 0.226 e. The van der Waals surface area contributed by atoms with E-state index in [4.69, 9.17) is 4.98 Å². The molecule has 1 aliphatic rings. The van der Waals surface area contributed by atoms with Crippen molar-refractivity contribution in [3.63, 3.8) is 0 Å². The first-order chi connectivity index (χ1) is 9.69. The van der Waals surface area contributed by atoms with Crippen molar-refractivity contribution in [2.24, 2.45) is 11.8 Å². The number of anilines is 2. The standard InChI is InChI=1S/C14H22N6/c1-4-5-15-14-18-12-11(16-8-17-12)13(19-14)20-6-9(2)10(3)7-20/h8-10H,4-7H2,1-3H3,(H2,15,16,17,18,19). The molecule has 0 spiro atoms. The Morgan fingerprint density at radius 3 is 2.75 bits per heavy atom. The van der Waals surface area contributed by atoms with E-state index < -0.39 is 0 Å². The van der Waals surface area contributed by atoms with Gasteiger partial charge in [-0.3, -0.25) is 0 Å². The van der Waals surface area contributed by atoms with Gasteiger partial charge in [-0.25, -0.2) is 4.98 Å². The molecule has 2 atom stereocenters. The van der Waals surface area contributed by atoms with Gasteiger partial charge in [0, 0.05) is 19.6 Å². The summed E-state index contributed by atoms with van der Waals surface area (Å²) in [6, 6.07) is 0. The molecule has 0 aromatic carbocycles.